The number of fused-ring (bicyclic) bond motifs is 1. The average Bonchev–Trinajstić information content (AvgIpc) is 3.15. The summed E-state index contributed by atoms with van der Waals surface area (Å²) in [6.07, 6.45) is 0.235. The maximum Gasteiger partial charge on any atom is 0.334 e. The first kappa shape index (κ1) is 19.9. The van der Waals surface area contributed by atoms with Crippen LogP contribution in [-0.2, 0) is 9.53 Å². The summed E-state index contributed by atoms with van der Waals surface area (Å²) in [5.41, 5.74) is 1.33. The van der Waals surface area contributed by atoms with Crippen LogP contribution in [0, 0.1) is 5.92 Å². The highest BCUT2D eigenvalue weighted by atomic mass is 35.5. The van der Waals surface area contributed by atoms with E-state index in [1.807, 2.05) is 12.1 Å². The van der Waals surface area contributed by atoms with Gasteiger partial charge in [0.05, 0.1) is 7.11 Å². The lowest BCUT2D eigenvalue weighted by Crippen LogP contribution is -2.41. The maximum absolute atomic E-state index is 11.6. The van der Waals surface area contributed by atoms with E-state index in [0.717, 1.165) is 11.4 Å². The summed E-state index contributed by atoms with van der Waals surface area (Å²) in [5, 5.41) is 24.2. The number of benzene rings is 1. The van der Waals surface area contributed by atoms with Crippen molar-refractivity contribution in [2.45, 2.75) is 18.9 Å². The van der Waals surface area contributed by atoms with E-state index in [4.69, 9.17) is 28.3 Å². The van der Waals surface area contributed by atoms with Crippen LogP contribution < -0.4 is 4.90 Å². The van der Waals surface area contributed by atoms with Crippen LogP contribution in [0.4, 0.5) is 5.82 Å². The summed E-state index contributed by atoms with van der Waals surface area (Å²) in [4.78, 5) is 13.7. The zero-order valence-electron chi connectivity index (χ0n) is 15.6. The van der Waals surface area contributed by atoms with Gasteiger partial charge in [-0.2, -0.15) is 4.52 Å². The van der Waals surface area contributed by atoms with Crippen LogP contribution in [0.3, 0.4) is 0 Å². The molecule has 10 heteroatoms. The van der Waals surface area contributed by atoms with Gasteiger partial charge in [-0.05, 0) is 49.1 Å². The van der Waals surface area contributed by atoms with Crippen molar-refractivity contribution in [3.8, 4) is 11.4 Å². The Balaban J connectivity index is 1.58. The molecule has 1 atom stereocenters. The van der Waals surface area contributed by atoms with Crippen LogP contribution >= 0.6 is 23.2 Å². The number of aromatic nitrogens is 4. The number of carbonyl (C=O) groups excluding carboxylic acids is 1. The molecule has 0 amide bonds. The lowest BCUT2D eigenvalue weighted by Gasteiger charge is -2.33. The van der Waals surface area contributed by atoms with Crippen molar-refractivity contribution in [1.82, 2.24) is 19.8 Å². The van der Waals surface area contributed by atoms with Crippen molar-refractivity contribution < 1.29 is 14.6 Å². The van der Waals surface area contributed by atoms with Crippen molar-refractivity contribution in [2.75, 3.05) is 25.1 Å². The molecule has 1 unspecified atom stereocenters. The van der Waals surface area contributed by atoms with E-state index in [2.05, 4.69) is 19.8 Å². The van der Waals surface area contributed by atoms with E-state index < -0.39 is 12.1 Å². The van der Waals surface area contributed by atoms with Crippen molar-refractivity contribution in [2.24, 2.45) is 5.92 Å². The van der Waals surface area contributed by atoms with Gasteiger partial charge < -0.3 is 14.7 Å². The van der Waals surface area contributed by atoms with Gasteiger partial charge in [-0.15, -0.1) is 15.3 Å². The van der Waals surface area contributed by atoms with Gasteiger partial charge in [-0.1, -0.05) is 23.2 Å². The second kappa shape index (κ2) is 8.14. The molecule has 1 aliphatic rings. The molecule has 0 bridgehead atoms. The molecule has 4 rings (SSSR count). The van der Waals surface area contributed by atoms with Crippen LogP contribution in [-0.4, -0.2) is 57.2 Å². The summed E-state index contributed by atoms with van der Waals surface area (Å²) in [5.74, 6) is 0.596. The number of halogens is 2. The molecule has 3 aromatic rings. The minimum absolute atomic E-state index is 0.124. The Morgan fingerprint density at radius 2 is 1.86 bits per heavy atom. The molecule has 1 fully saturated rings. The Hall–Kier alpha value is -2.42. The van der Waals surface area contributed by atoms with Crippen LogP contribution in [0.15, 0.2) is 30.3 Å². The lowest BCUT2D eigenvalue weighted by molar-refractivity contribution is -0.153. The quantitative estimate of drug-likeness (QED) is 0.629. The van der Waals surface area contributed by atoms with Gasteiger partial charge in [-0.25, -0.2) is 4.79 Å². The highest BCUT2D eigenvalue weighted by Gasteiger charge is 2.31. The van der Waals surface area contributed by atoms with Gasteiger partial charge in [0.2, 0.25) is 0 Å². The molecule has 1 aliphatic heterocycles. The topological polar surface area (TPSA) is 92.9 Å². The number of aliphatic hydroxyl groups excluding tert-OH is 1. The molecule has 2 aromatic heterocycles. The summed E-state index contributed by atoms with van der Waals surface area (Å²) < 4.78 is 6.30. The van der Waals surface area contributed by atoms with Gasteiger partial charge in [0.15, 0.2) is 17.6 Å². The van der Waals surface area contributed by atoms with Crippen LogP contribution in [0.2, 0.25) is 10.0 Å². The molecule has 152 valence electrons. The number of aliphatic hydroxyl groups is 1. The summed E-state index contributed by atoms with van der Waals surface area (Å²) in [6, 6.07) is 8.91. The first-order chi connectivity index (χ1) is 14.0. The third kappa shape index (κ3) is 4.01. The van der Waals surface area contributed by atoms with E-state index in [9.17, 15) is 9.90 Å². The number of hydrogen-bond acceptors (Lipinski definition) is 7. The first-order valence-electron chi connectivity index (χ1n) is 9.16. The summed E-state index contributed by atoms with van der Waals surface area (Å²) in [7, 11) is 1.28. The van der Waals surface area contributed by atoms with Crippen LogP contribution in [0.25, 0.3) is 17.0 Å². The molecular formula is C19H19Cl2N5O3. The van der Waals surface area contributed by atoms with Crippen molar-refractivity contribution in [3.63, 3.8) is 0 Å². The Kier molecular flexibility index (Phi) is 5.58. The first-order valence-corrected chi connectivity index (χ1v) is 9.91. The molecule has 1 N–H and O–H groups in total. The highest BCUT2D eigenvalue weighted by Crippen LogP contribution is 2.28. The monoisotopic (exact) mass is 435 g/mol. The second-order valence-corrected chi connectivity index (χ2v) is 7.81. The van der Waals surface area contributed by atoms with Gasteiger partial charge in [-0.3, -0.25) is 0 Å². The van der Waals surface area contributed by atoms with E-state index in [0.29, 0.717) is 47.4 Å². The Bertz CT molecular complexity index is 1030. The molecule has 8 nitrogen and oxygen atoms in total. The Morgan fingerprint density at radius 1 is 1.17 bits per heavy atom. The third-order valence-electron chi connectivity index (χ3n) is 5.12. The molecule has 3 heterocycles. The van der Waals surface area contributed by atoms with Crippen molar-refractivity contribution >= 4 is 40.6 Å². The standard InChI is InChI=1S/C19H19Cl2N5O3/c1-29-19(28)17(27)11-4-6-25(7-5-11)16-3-2-15-22-23-18(26(15)24-16)12-8-13(20)10-14(21)9-12/h2-3,8-11,17,27H,4-7H2,1H3. The largest absolute Gasteiger partial charge is 0.467 e. The number of rotatable bonds is 4. The molecule has 1 saturated heterocycles. The minimum atomic E-state index is -1.09. The fraction of sp³-hybridized carbons (Fsp3) is 0.368. The number of carbonyl (C=O) groups is 1. The zero-order chi connectivity index (χ0) is 20.5. The maximum atomic E-state index is 11.6. The Morgan fingerprint density at radius 3 is 2.52 bits per heavy atom. The normalized spacial score (nSPS) is 16.2. The molecule has 1 aromatic carbocycles. The van der Waals surface area contributed by atoms with Gasteiger partial charge in [0.1, 0.15) is 5.82 Å². The number of anilines is 1. The summed E-state index contributed by atoms with van der Waals surface area (Å²) >= 11 is 12.2. The van der Waals surface area contributed by atoms with Crippen LogP contribution in [0.5, 0.6) is 0 Å². The Labute approximate surface area is 177 Å². The number of esters is 1. The van der Waals surface area contributed by atoms with Gasteiger partial charge in [0.25, 0.3) is 0 Å². The SMILES string of the molecule is COC(=O)C(O)C1CCN(c2ccc3nnc(-c4cc(Cl)cc(Cl)c4)n3n2)CC1. The van der Waals surface area contributed by atoms with E-state index >= 15 is 0 Å². The fourth-order valence-corrected chi connectivity index (χ4v) is 4.09. The molecule has 0 saturated carbocycles. The average molecular weight is 436 g/mol. The van der Waals surface area contributed by atoms with E-state index in [1.165, 1.54) is 7.11 Å². The third-order valence-corrected chi connectivity index (χ3v) is 5.56. The lowest BCUT2D eigenvalue weighted by atomic mass is 9.91. The predicted octanol–water partition coefficient (Wildman–Crippen LogP) is 2.85. The number of methoxy groups -OCH3 is 1. The van der Waals surface area contributed by atoms with E-state index in [1.54, 1.807) is 22.7 Å². The van der Waals surface area contributed by atoms with Gasteiger partial charge in [0, 0.05) is 28.7 Å². The minimum Gasteiger partial charge on any atom is -0.467 e. The summed E-state index contributed by atoms with van der Waals surface area (Å²) in [6.45, 7) is 1.33. The molecule has 0 radical (unpaired) electrons. The number of ether oxygens (including phenoxy) is 1. The van der Waals surface area contributed by atoms with E-state index in [-0.39, 0.29) is 5.92 Å². The van der Waals surface area contributed by atoms with Crippen molar-refractivity contribution in [3.05, 3.63) is 40.4 Å². The second-order valence-electron chi connectivity index (χ2n) is 6.94. The zero-order valence-corrected chi connectivity index (χ0v) is 17.1. The molecular weight excluding hydrogens is 417 g/mol. The molecule has 0 spiro atoms. The number of hydrogen-bond donors (Lipinski definition) is 1. The molecule has 29 heavy (non-hydrogen) atoms. The smallest absolute Gasteiger partial charge is 0.334 e. The number of piperidine rings is 1. The predicted molar refractivity (Wildman–Crippen MR) is 109 cm³/mol. The van der Waals surface area contributed by atoms with Gasteiger partial charge >= 0.3 is 5.97 Å². The molecule has 0 aliphatic carbocycles. The fourth-order valence-electron chi connectivity index (χ4n) is 3.57. The highest BCUT2D eigenvalue weighted by molar-refractivity contribution is 6.35. The van der Waals surface area contributed by atoms with Crippen LogP contribution in [0.1, 0.15) is 12.8 Å². The number of nitrogens with zero attached hydrogens (tertiary/aromatic N) is 5. The van der Waals surface area contributed by atoms with Crippen molar-refractivity contribution in [1.29, 1.82) is 0 Å².